The molecule has 0 saturated heterocycles. The Morgan fingerprint density at radius 3 is 2.53 bits per heavy atom. The highest BCUT2D eigenvalue weighted by Crippen LogP contribution is 2.11. The molecule has 1 amide bonds. The molecule has 5 nitrogen and oxygen atoms in total. The number of aliphatic hydroxyl groups excluding tert-OH is 1. The van der Waals surface area contributed by atoms with E-state index in [-0.39, 0.29) is 11.5 Å². The lowest BCUT2D eigenvalue weighted by Crippen LogP contribution is -2.30. The summed E-state index contributed by atoms with van der Waals surface area (Å²) in [4.78, 5) is 11.6. The minimum absolute atomic E-state index is 0.213. The van der Waals surface area contributed by atoms with Gasteiger partial charge in [0.2, 0.25) is 0 Å². The number of nitrogens with one attached hydrogen (secondary N) is 2. The van der Waals surface area contributed by atoms with Gasteiger partial charge < -0.3 is 10.4 Å². The first-order chi connectivity index (χ1) is 8.06. The predicted molar refractivity (Wildman–Crippen MR) is 66.8 cm³/mol. The SMILES string of the molecule is CCCCC(CC)CNC(=O)C(N=N)=C(C)O. The summed E-state index contributed by atoms with van der Waals surface area (Å²) in [5.74, 6) is -0.251. The molecule has 5 heteroatoms. The van der Waals surface area contributed by atoms with Gasteiger partial charge in [-0.15, -0.1) is 5.11 Å². The van der Waals surface area contributed by atoms with Crippen molar-refractivity contribution < 1.29 is 9.90 Å². The van der Waals surface area contributed by atoms with Crippen molar-refractivity contribution in [2.45, 2.75) is 46.5 Å². The van der Waals surface area contributed by atoms with Gasteiger partial charge in [-0.2, -0.15) is 0 Å². The van der Waals surface area contributed by atoms with Gasteiger partial charge in [0.15, 0.2) is 5.70 Å². The Morgan fingerprint density at radius 2 is 2.12 bits per heavy atom. The van der Waals surface area contributed by atoms with Crippen molar-refractivity contribution in [1.29, 1.82) is 5.53 Å². The molecule has 1 atom stereocenters. The van der Waals surface area contributed by atoms with Crippen molar-refractivity contribution in [3.63, 3.8) is 0 Å². The molecule has 0 aliphatic carbocycles. The first kappa shape index (κ1) is 15.6. The van der Waals surface area contributed by atoms with Crippen LogP contribution in [0.1, 0.15) is 46.5 Å². The maximum absolute atomic E-state index is 11.6. The van der Waals surface area contributed by atoms with Crippen LogP contribution in [0.3, 0.4) is 0 Å². The average molecular weight is 241 g/mol. The maximum Gasteiger partial charge on any atom is 0.275 e. The lowest BCUT2D eigenvalue weighted by Gasteiger charge is -2.15. The van der Waals surface area contributed by atoms with E-state index in [1.807, 2.05) is 0 Å². The van der Waals surface area contributed by atoms with E-state index in [0.29, 0.717) is 12.5 Å². The van der Waals surface area contributed by atoms with Gasteiger partial charge in [-0.25, -0.2) is 5.53 Å². The molecule has 0 saturated carbocycles. The van der Waals surface area contributed by atoms with E-state index in [9.17, 15) is 4.79 Å². The predicted octanol–water partition coefficient (Wildman–Crippen LogP) is 3.14. The molecule has 0 aliphatic heterocycles. The lowest BCUT2D eigenvalue weighted by molar-refractivity contribution is -0.118. The second-order valence-electron chi connectivity index (χ2n) is 4.17. The molecule has 0 fully saturated rings. The van der Waals surface area contributed by atoms with Crippen LogP contribution in [0.15, 0.2) is 16.6 Å². The molecule has 0 radical (unpaired) electrons. The fourth-order valence-electron chi connectivity index (χ4n) is 1.56. The second-order valence-corrected chi connectivity index (χ2v) is 4.17. The number of carbonyl (C=O) groups excluding carboxylic acids is 1. The highest BCUT2D eigenvalue weighted by atomic mass is 16.3. The lowest BCUT2D eigenvalue weighted by atomic mass is 9.99. The molecule has 98 valence electrons. The van der Waals surface area contributed by atoms with Crippen molar-refractivity contribution in [1.82, 2.24) is 5.32 Å². The summed E-state index contributed by atoms with van der Waals surface area (Å²) in [6.07, 6.45) is 4.39. The summed E-state index contributed by atoms with van der Waals surface area (Å²) < 4.78 is 0. The summed E-state index contributed by atoms with van der Waals surface area (Å²) in [7, 11) is 0. The van der Waals surface area contributed by atoms with Gasteiger partial charge in [0.25, 0.3) is 5.91 Å². The van der Waals surface area contributed by atoms with Crippen LogP contribution in [0.4, 0.5) is 0 Å². The zero-order chi connectivity index (χ0) is 13.3. The molecular weight excluding hydrogens is 218 g/mol. The molecule has 0 aromatic heterocycles. The molecule has 0 bridgehead atoms. The number of amides is 1. The third-order valence-electron chi connectivity index (χ3n) is 2.76. The number of hydrogen-bond acceptors (Lipinski definition) is 4. The molecule has 3 N–H and O–H groups in total. The summed E-state index contributed by atoms with van der Waals surface area (Å²) in [6, 6.07) is 0. The van der Waals surface area contributed by atoms with Crippen molar-refractivity contribution in [3.8, 4) is 0 Å². The smallest absolute Gasteiger partial charge is 0.275 e. The van der Waals surface area contributed by atoms with E-state index in [1.54, 1.807) is 0 Å². The fourth-order valence-corrected chi connectivity index (χ4v) is 1.56. The zero-order valence-corrected chi connectivity index (χ0v) is 10.9. The first-order valence-corrected chi connectivity index (χ1v) is 6.12. The van der Waals surface area contributed by atoms with Crippen LogP contribution in [0, 0.1) is 11.4 Å². The Bertz CT molecular complexity index is 283. The van der Waals surface area contributed by atoms with Crippen LogP contribution in [-0.2, 0) is 4.79 Å². The van der Waals surface area contributed by atoms with E-state index >= 15 is 0 Å². The van der Waals surface area contributed by atoms with Gasteiger partial charge in [0.05, 0.1) is 0 Å². The van der Waals surface area contributed by atoms with E-state index in [2.05, 4.69) is 24.3 Å². The second kappa shape index (κ2) is 8.73. The standard InChI is InChI=1S/C12H23N3O2/c1-4-6-7-10(5-2)8-14-12(17)11(15-13)9(3)16/h10,13,16H,4-8H2,1-3H3,(H,14,17). The Morgan fingerprint density at radius 1 is 1.47 bits per heavy atom. The number of allylic oxidation sites excluding steroid dienone is 1. The highest BCUT2D eigenvalue weighted by Gasteiger charge is 2.14. The Kier molecular flexibility index (Phi) is 8.01. The minimum atomic E-state index is -0.477. The molecule has 0 rings (SSSR count). The number of aliphatic hydroxyl groups is 1. The number of nitrogens with zero attached hydrogens (tertiary/aromatic N) is 1. The van der Waals surface area contributed by atoms with Gasteiger partial charge in [-0.3, -0.25) is 4.79 Å². The molecule has 0 aromatic carbocycles. The topological polar surface area (TPSA) is 85.5 Å². The Balaban J connectivity index is 4.21. The molecular formula is C12H23N3O2. The van der Waals surface area contributed by atoms with Crippen LogP contribution in [-0.4, -0.2) is 17.6 Å². The van der Waals surface area contributed by atoms with Crippen LogP contribution in [0.25, 0.3) is 0 Å². The largest absolute Gasteiger partial charge is 0.510 e. The van der Waals surface area contributed by atoms with E-state index in [0.717, 1.165) is 25.7 Å². The summed E-state index contributed by atoms with van der Waals surface area (Å²) in [6.45, 7) is 6.15. The van der Waals surface area contributed by atoms with Crippen LogP contribution in [0.2, 0.25) is 0 Å². The van der Waals surface area contributed by atoms with E-state index in [1.165, 1.54) is 6.92 Å². The number of unbranched alkanes of at least 4 members (excludes halogenated alkanes) is 1. The van der Waals surface area contributed by atoms with Crippen molar-refractivity contribution in [3.05, 3.63) is 11.5 Å². The summed E-state index contributed by atoms with van der Waals surface area (Å²) in [5, 5.41) is 14.9. The van der Waals surface area contributed by atoms with Crippen LogP contribution >= 0.6 is 0 Å². The summed E-state index contributed by atoms with van der Waals surface area (Å²) in [5.41, 5.74) is 6.60. The Hall–Kier alpha value is -1.39. The molecule has 1 unspecified atom stereocenters. The molecule has 17 heavy (non-hydrogen) atoms. The first-order valence-electron chi connectivity index (χ1n) is 6.12. The number of carbonyl (C=O) groups is 1. The third kappa shape index (κ3) is 6.04. The van der Waals surface area contributed by atoms with Crippen LogP contribution < -0.4 is 5.32 Å². The van der Waals surface area contributed by atoms with Crippen molar-refractivity contribution >= 4 is 5.91 Å². The van der Waals surface area contributed by atoms with Gasteiger partial charge >= 0.3 is 0 Å². The highest BCUT2D eigenvalue weighted by molar-refractivity contribution is 5.93. The molecule has 0 spiro atoms. The molecule has 0 aliphatic rings. The van der Waals surface area contributed by atoms with Crippen molar-refractivity contribution in [2.24, 2.45) is 11.0 Å². The summed E-state index contributed by atoms with van der Waals surface area (Å²) >= 11 is 0. The quantitative estimate of drug-likeness (QED) is 0.346. The van der Waals surface area contributed by atoms with E-state index in [4.69, 9.17) is 10.6 Å². The zero-order valence-electron chi connectivity index (χ0n) is 10.9. The average Bonchev–Trinajstić information content (AvgIpc) is 2.29. The fraction of sp³-hybridized carbons (Fsp3) is 0.750. The van der Waals surface area contributed by atoms with Gasteiger partial charge in [-0.05, 0) is 19.3 Å². The molecule has 0 heterocycles. The third-order valence-corrected chi connectivity index (χ3v) is 2.76. The number of rotatable bonds is 8. The van der Waals surface area contributed by atoms with Crippen LogP contribution in [0.5, 0.6) is 0 Å². The Labute approximate surface area is 103 Å². The monoisotopic (exact) mass is 241 g/mol. The van der Waals surface area contributed by atoms with Gasteiger partial charge in [-0.1, -0.05) is 33.1 Å². The van der Waals surface area contributed by atoms with E-state index < -0.39 is 5.91 Å². The van der Waals surface area contributed by atoms with Crippen molar-refractivity contribution in [2.75, 3.05) is 6.54 Å². The van der Waals surface area contributed by atoms with Gasteiger partial charge in [0, 0.05) is 6.54 Å². The minimum Gasteiger partial charge on any atom is -0.510 e. The van der Waals surface area contributed by atoms with Gasteiger partial charge in [0.1, 0.15) is 5.76 Å². The normalized spacial score (nSPS) is 13.8. The maximum atomic E-state index is 11.6. The molecule has 0 aromatic rings. The number of hydrogen-bond donors (Lipinski definition) is 3.